The fourth-order valence-corrected chi connectivity index (χ4v) is 1.68. The maximum Gasteiger partial charge on any atom is 0.262 e. The molecule has 0 atom stereocenters. The summed E-state index contributed by atoms with van der Waals surface area (Å²) in [7, 11) is 0. The molecule has 1 rings (SSSR count). The van der Waals surface area contributed by atoms with Gasteiger partial charge in [0.2, 0.25) is 0 Å². The van der Waals surface area contributed by atoms with Crippen LogP contribution in [0.25, 0.3) is 4.85 Å². The Kier molecular flexibility index (Phi) is 3.44. The molecule has 2 N–H and O–H groups in total. The van der Waals surface area contributed by atoms with Crippen LogP contribution in [0.4, 0.5) is 10.1 Å². The minimum atomic E-state index is -0.772. The minimum absolute atomic E-state index is 0.171. The van der Waals surface area contributed by atoms with Gasteiger partial charge in [-0.2, -0.15) is 0 Å². The van der Waals surface area contributed by atoms with E-state index in [0.29, 0.717) is 10.0 Å². The highest BCUT2D eigenvalue weighted by Gasteiger charge is 2.16. The van der Waals surface area contributed by atoms with Gasteiger partial charge < -0.3 is 10.2 Å². The Hall–Kier alpha value is -1.12. The van der Waals surface area contributed by atoms with Crippen LogP contribution in [0.5, 0.6) is 5.75 Å². The minimum Gasteiger partial charge on any atom is -0.519 e. The highest BCUT2D eigenvalue weighted by Crippen LogP contribution is 2.38. The Bertz CT molecular complexity index is 401. The lowest BCUT2D eigenvalue weighted by Crippen LogP contribution is -1.94. The fourth-order valence-electron chi connectivity index (χ4n) is 1.09. The molecule has 0 bridgehead atoms. The highest BCUT2D eigenvalue weighted by molar-refractivity contribution is 9.10. The van der Waals surface area contributed by atoms with E-state index in [0.717, 1.165) is 6.07 Å². The van der Waals surface area contributed by atoms with E-state index in [9.17, 15) is 9.50 Å². The number of phenolic OH excluding ortho intramolecular Hbond substituents is 1. The van der Waals surface area contributed by atoms with Crippen LogP contribution >= 0.6 is 15.9 Å². The molecule has 0 saturated heterocycles. The molecule has 0 aliphatic rings. The number of rotatable bonds is 2. The third kappa shape index (κ3) is 1.86. The van der Waals surface area contributed by atoms with Gasteiger partial charge in [0.05, 0.1) is 6.57 Å². The average Bonchev–Trinajstić information content (AvgIpc) is 2.12. The van der Waals surface area contributed by atoms with Crippen molar-refractivity contribution in [2.75, 3.05) is 6.61 Å². The Morgan fingerprint density at radius 1 is 1.57 bits per heavy atom. The molecule has 74 valence electrons. The molecule has 3 nitrogen and oxygen atoms in total. The van der Waals surface area contributed by atoms with Crippen LogP contribution in [0.15, 0.2) is 10.5 Å². The highest BCUT2D eigenvalue weighted by atomic mass is 79.9. The first-order chi connectivity index (χ1) is 6.61. The van der Waals surface area contributed by atoms with Crippen LogP contribution in [0.2, 0.25) is 0 Å². The molecule has 0 spiro atoms. The molecule has 0 saturated carbocycles. The average molecular weight is 260 g/mol. The molecule has 5 heteroatoms. The van der Waals surface area contributed by atoms with E-state index in [1.165, 1.54) is 0 Å². The Balaban J connectivity index is 3.38. The number of aliphatic hydroxyl groups is 1. The number of aliphatic hydroxyl groups excluding tert-OH is 1. The summed E-state index contributed by atoms with van der Waals surface area (Å²) in [5, 5.41) is 18.2. The molecule has 0 heterocycles. The number of benzene rings is 1. The summed E-state index contributed by atoms with van der Waals surface area (Å²) in [6.07, 6.45) is 0.176. The topological polar surface area (TPSA) is 44.8 Å². The van der Waals surface area contributed by atoms with Crippen LogP contribution in [-0.2, 0) is 6.42 Å². The number of nitrogens with zero attached hydrogens (tertiary/aromatic N) is 1. The van der Waals surface area contributed by atoms with Crippen LogP contribution in [0.3, 0.4) is 0 Å². The summed E-state index contributed by atoms with van der Waals surface area (Å²) < 4.78 is 13.4. The quantitative estimate of drug-likeness (QED) is 0.802. The van der Waals surface area contributed by atoms with E-state index in [4.69, 9.17) is 11.7 Å². The zero-order chi connectivity index (χ0) is 10.7. The molecule has 0 aliphatic carbocycles. The normalized spacial score (nSPS) is 9.86. The summed E-state index contributed by atoms with van der Waals surface area (Å²) in [4.78, 5) is 2.88. The van der Waals surface area contributed by atoms with E-state index >= 15 is 0 Å². The maximum absolute atomic E-state index is 13.1. The first-order valence-corrected chi connectivity index (χ1v) is 4.59. The van der Waals surface area contributed by atoms with Gasteiger partial charge in [-0.1, -0.05) is 15.9 Å². The second kappa shape index (κ2) is 4.40. The van der Waals surface area contributed by atoms with E-state index in [1.54, 1.807) is 0 Å². The van der Waals surface area contributed by atoms with Crippen molar-refractivity contribution in [2.24, 2.45) is 0 Å². The van der Waals surface area contributed by atoms with E-state index < -0.39 is 17.3 Å². The zero-order valence-electron chi connectivity index (χ0n) is 7.09. The van der Waals surface area contributed by atoms with Gasteiger partial charge in [-0.15, -0.1) is 0 Å². The van der Waals surface area contributed by atoms with Crippen LogP contribution in [0.1, 0.15) is 5.56 Å². The largest absolute Gasteiger partial charge is 0.519 e. The molecular formula is C9H7BrFNO2. The predicted molar refractivity (Wildman–Crippen MR) is 52.8 cm³/mol. The van der Waals surface area contributed by atoms with E-state index in [2.05, 4.69) is 20.8 Å². The monoisotopic (exact) mass is 259 g/mol. The summed E-state index contributed by atoms with van der Waals surface area (Å²) in [6.45, 7) is 6.50. The fraction of sp³-hybridized carbons (Fsp3) is 0.222. The lowest BCUT2D eigenvalue weighted by Gasteiger charge is -2.08. The standard InChI is InChI=1S/C9H7BrFNO2/c1-12-8-7(11)4-6(10)5(2-3-13)9(8)14/h4,13-14H,2-3H2. The smallest absolute Gasteiger partial charge is 0.262 e. The summed E-state index contributed by atoms with van der Waals surface area (Å²) in [6, 6.07) is 1.11. The maximum atomic E-state index is 13.1. The first kappa shape index (κ1) is 11.0. The van der Waals surface area contributed by atoms with Crippen molar-refractivity contribution < 1.29 is 14.6 Å². The number of halogens is 2. The lowest BCUT2D eigenvalue weighted by molar-refractivity contribution is 0.297. The third-order valence-electron chi connectivity index (χ3n) is 1.75. The predicted octanol–water partition coefficient (Wildman–Crippen LogP) is 2.38. The van der Waals surface area contributed by atoms with Crippen molar-refractivity contribution in [3.63, 3.8) is 0 Å². The van der Waals surface area contributed by atoms with Crippen molar-refractivity contribution >= 4 is 21.6 Å². The lowest BCUT2D eigenvalue weighted by atomic mass is 10.1. The van der Waals surface area contributed by atoms with Gasteiger partial charge in [-0.3, -0.25) is 0 Å². The molecular weight excluding hydrogens is 253 g/mol. The van der Waals surface area contributed by atoms with Crippen LogP contribution < -0.4 is 0 Å². The van der Waals surface area contributed by atoms with Crippen molar-refractivity contribution in [1.29, 1.82) is 0 Å². The molecule has 0 fully saturated rings. The van der Waals surface area contributed by atoms with Crippen LogP contribution in [0, 0.1) is 12.4 Å². The Morgan fingerprint density at radius 2 is 2.21 bits per heavy atom. The molecule has 0 amide bonds. The van der Waals surface area contributed by atoms with Crippen molar-refractivity contribution in [3.8, 4) is 5.75 Å². The molecule has 1 aromatic carbocycles. The van der Waals surface area contributed by atoms with Gasteiger partial charge in [0.15, 0.2) is 0 Å². The molecule has 0 aliphatic heterocycles. The summed E-state index contributed by atoms with van der Waals surface area (Å²) in [5.41, 5.74) is -0.0587. The second-order valence-electron chi connectivity index (χ2n) is 2.60. The molecule has 0 radical (unpaired) electrons. The molecule has 0 aromatic heterocycles. The molecule has 14 heavy (non-hydrogen) atoms. The van der Waals surface area contributed by atoms with Gasteiger partial charge >= 0.3 is 0 Å². The number of aromatic hydroxyl groups is 1. The molecule has 0 unspecified atom stereocenters. The number of phenols is 1. The second-order valence-corrected chi connectivity index (χ2v) is 3.46. The van der Waals surface area contributed by atoms with Crippen molar-refractivity contribution in [2.45, 2.75) is 6.42 Å². The number of hydrogen-bond acceptors (Lipinski definition) is 2. The van der Waals surface area contributed by atoms with Gasteiger partial charge in [-0.05, 0) is 18.1 Å². The Morgan fingerprint density at radius 3 is 2.71 bits per heavy atom. The summed E-state index contributed by atoms with van der Waals surface area (Å²) >= 11 is 3.05. The number of hydrogen-bond donors (Lipinski definition) is 2. The van der Waals surface area contributed by atoms with E-state index in [1.807, 2.05) is 0 Å². The SMILES string of the molecule is [C-]#[N+]c1c(F)cc(Br)c(CCO)c1O. The summed E-state index contributed by atoms with van der Waals surface area (Å²) in [5.74, 6) is -1.17. The van der Waals surface area contributed by atoms with Gasteiger partial charge in [-0.25, -0.2) is 9.24 Å². The van der Waals surface area contributed by atoms with E-state index in [-0.39, 0.29) is 13.0 Å². The van der Waals surface area contributed by atoms with Gasteiger partial charge in [0.1, 0.15) is 11.6 Å². The van der Waals surface area contributed by atoms with Gasteiger partial charge in [0, 0.05) is 11.1 Å². The Labute approximate surface area is 88.8 Å². The zero-order valence-corrected chi connectivity index (χ0v) is 8.68. The van der Waals surface area contributed by atoms with Gasteiger partial charge in [0.25, 0.3) is 5.69 Å². The van der Waals surface area contributed by atoms with Crippen LogP contribution in [-0.4, -0.2) is 16.8 Å². The molecule has 1 aromatic rings. The third-order valence-corrected chi connectivity index (χ3v) is 2.46. The van der Waals surface area contributed by atoms with Crippen molar-refractivity contribution in [1.82, 2.24) is 0 Å². The van der Waals surface area contributed by atoms with Crippen molar-refractivity contribution in [3.05, 3.63) is 33.3 Å². The first-order valence-electron chi connectivity index (χ1n) is 3.80.